The van der Waals surface area contributed by atoms with Crippen molar-refractivity contribution in [2.24, 2.45) is 4.99 Å². The molecule has 0 radical (unpaired) electrons. The summed E-state index contributed by atoms with van der Waals surface area (Å²) in [5.41, 5.74) is -0.828. The molecule has 0 aromatic carbocycles. The van der Waals surface area contributed by atoms with Gasteiger partial charge in [0.15, 0.2) is 11.7 Å². The summed E-state index contributed by atoms with van der Waals surface area (Å²) in [6.45, 7) is 7.63. The molecule has 0 saturated carbocycles. The molecule has 1 aliphatic heterocycles. The summed E-state index contributed by atoms with van der Waals surface area (Å²) < 4.78 is 43.9. The molecule has 0 spiro atoms. The average Bonchev–Trinajstić information content (AvgIpc) is 3.43. The minimum Gasteiger partial charge on any atom is -0.465 e. The van der Waals surface area contributed by atoms with Gasteiger partial charge in [-0.25, -0.2) is 4.98 Å². The Hall–Kier alpha value is -1.34. The SMILES string of the molecule is CCNC(=NCC(c1ccc(C)o1)N1CCCC1)NCCc1nc(C(F)(F)F)cs1.I. The number of furan rings is 1. The van der Waals surface area contributed by atoms with Crippen molar-refractivity contribution in [2.45, 2.75) is 45.3 Å². The number of nitrogens with zero attached hydrogens (tertiary/aromatic N) is 3. The van der Waals surface area contributed by atoms with Gasteiger partial charge in [-0.15, -0.1) is 35.3 Å². The van der Waals surface area contributed by atoms with Gasteiger partial charge in [0.25, 0.3) is 0 Å². The Morgan fingerprint density at radius 2 is 2.03 bits per heavy atom. The maximum absolute atomic E-state index is 12.7. The number of aromatic nitrogens is 1. The molecule has 11 heteroatoms. The number of aliphatic imine (C=N–C) groups is 1. The van der Waals surface area contributed by atoms with Crippen LogP contribution in [0.1, 0.15) is 48.0 Å². The number of hydrogen-bond acceptors (Lipinski definition) is 5. The molecule has 6 nitrogen and oxygen atoms in total. The highest BCUT2D eigenvalue weighted by atomic mass is 127. The zero-order chi connectivity index (χ0) is 21.6. The molecular formula is C20H29F3IN5OS. The van der Waals surface area contributed by atoms with Crippen LogP contribution in [0.4, 0.5) is 13.2 Å². The van der Waals surface area contributed by atoms with E-state index < -0.39 is 11.9 Å². The minimum atomic E-state index is -4.40. The van der Waals surface area contributed by atoms with E-state index in [2.05, 4.69) is 20.5 Å². The third-order valence-electron chi connectivity index (χ3n) is 4.91. The van der Waals surface area contributed by atoms with Crippen molar-refractivity contribution in [3.8, 4) is 0 Å². The molecule has 1 aliphatic rings. The predicted molar refractivity (Wildman–Crippen MR) is 127 cm³/mol. The van der Waals surface area contributed by atoms with Crippen molar-refractivity contribution in [1.29, 1.82) is 0 Å². The van der Waals surface area contributed by atoms with Crippen LogP contribution in [-0.2, 0) is 12.6 Å². The van der Waals surface area contributed by atoms with Crippen LogP contribution in [0.5, 0.6) is 0 Å². The molecule has 0 bridgehead atoms. The van der Waals surface area contributed by atoms with Crippen LogP contribution < -0.4 is 10.6 Å². The summed E-state index contributed by atoms with van der Waals surface area (Å²) in [5.74, 6) is 2.43. The lowest BCUT2D eigenvalue weighted by atomic mass is 10.2. The van der Waals surface area contributed by atoms with Gasteiger partial charge in [-0.3, -0.25) is 9.89 Å². The molecule has 0 amide bonds. The van der Waals surface area contributed by atoms with Crippen LogP contribution in [-0.4, -0.2) is 48.6 Å². The quantitative estimate of drug-likeness (QED) is 0.275. The van der Waals surface area contributed by atoms with E-state index in [9.17, 15) is 13.2 Å². The van der Waals surface area contributed by atoms with Crippen molar-refractivity contribution in [2.75, 3.05) is 32.7 Å². The maximum atomic E-state index is 12.7. The molecule has 1 fully saturated rings. The number of aryl methyl sites for hydroxylation is 1. The monoisotopic (exact) mass is 571 g/mol. The molecule has 1 saturated heterocycles. The first-order valence-corrected chi connectivity index (χ1v) is 11.1. The molecule has 2 aromatic heterocycles. The summed E-state index contributed by atoms with van der Waals surface area (Å²) in [4.78, 5) is 10.8. The lowest BCUT2D eigenvalue weighted by Gasteiger charge is -2.24. The van der Waals surface area contributed by atoms with Crippen LogP contribution in [0.15, 0.2) is 26.9 Å². The van der Waals surface area contributed by atoms with Crippen molar-refractivity contribution < 1.29 is 17.6 Å². The smallest absolute Gasteiger partial charge is 0.434 e. The van der Waals surface area contributed by atoms with E-state index in [0.29, 0.717) is 37.0 Å². The summed E-state index contributed by atoms with van der Waals surface area (Å²) in [7, 11) is 0. The van der Waals surface area contributed by atoms with Gasteiger partial charge in [0.2, 0.25) is 0 Å². The van der Waals surface area contributed by atoms with Crippen molar-refractivity contribution in [1.82, 2.24) is 20.5 Å². The van der Waals surface area contributed by atoms with Crippen LogP contribution >= 0.6 is 35.3 Å². The topological polar surface area (TPSA) is 65.7 Å². The Bertz CT molecular complexity index is 833. The van der Waals surface area contributed by atoms with Gasteiger partial charge in [0.05, 0.1) is 17.6 Å². The van der Waals surface area contributed by atoms with E-state index in [1.54, 1.807) is 0 Å². The Kier molecular flexibility index (Phi) is 10.1. The van der Waals surface area contributed by atoms with Gasteiger partial charge in [-0.05, 0) is 51.9 Å². The van der Waals surface area contributed by atoms with E-state index in [1.807, 2.05) is 26.0 Å². The summed E-state index contributed by atoms with van der Waals surface area (Å²) >= 11 is 1.03. The lowest BCUT2D eigenvalue weighted by Crippen LogP contribution is -2.39. The Morgan fingerprint density at radius 1 is 1.29 bits per heavy atom. The van der Waals surface area contributed by atoms with Gasteiger partial charge in [-0.2, -0.15) is 13.2 Å². The normalized spacial score (nSPS) is 16.2. The van der Waals surface area contributed by atoms with E-state index in [0.717, 1.165) is 41.3 Å². The Morgan fingerprint density at radius 3 is 2.61 bits per heavy atom. The highest BCUT2D eigenvalue weighted by Gasteiger charge is 2.33. The average molecular weight is 571 g/mol. The van der Waals surface area contributed by atoms with E-state index in [1.165, 1.54) is 12.8 Å². The van der Waals surface area contributed by atoms with Gasteiger partial charge < -0.3 is 15.1 Å². The number of nitrogens with one attached hydrogen (secondary N) is 2. The number of halogens is 4. The predicted octanol–water partition coefficient (Wildman–Crippen LogP) is 4.62. The minimum absolute atomic E-state index is 0. The highest BCUT2D eigenvalue weighted by molar-refractivity contribution is 14.0. The van der Waals surface area contributed by atoms with Crippen molar-refractivity contribution >= 4 is 41.3 Å². The second-order valence-electron chi connectivity index (χ2n) is 7.23. The van der Waals surface area contributed by atoms with Gasteiger partial charge in [0, 0.05) is 24.9 Å². The fourth-order valence-electron chi connectivity index (χ4n) is 3.43. The van der Waals surface area contributed by atoms with Crippen LogP contribution in [0.2, 0.25) is 0 Å². The lowest BCUT2D eigenvalue weighted by molar-refractivity contribution is -0.140. The Balaban J connectivity index is 0.00000341. The number of alkyl halides is 3. The molecule has 174 valence electrons. The number of hydrogen-bond donors (Lipinski definition) is 2. The molecule has 3 rings (SSSR count). The number of likely N-dealkylation sites (tertiary alicyclic amines) is 1. The fraction of sp³-hybridized carbons (Fsp3) is 0.600. The van der Waals surface area contributed by atoms with E-state index in [4.69, 9.17) is 9.41 Å². The number of rotatable bonds is 8. The largest absolute Gasteiger partial charge is 0.465 e. The van der Waals surface area contributed by atoms with Gasteiger partial charge >= 0.3 is 6.18 Å². The molecule has 31 heavy (non-hydrogen) atoms. The first kappa shape index (κ1) is 25.9. The second-order valence-corrected chi connectivity index (χ2v) is 8.17. The van der Waals surface area contributed by atoms with Crippen LogP contribution in [0.25, 0.3) is 0 Å². The van der Waals surface area contributed by atoms with E-state index >= 15 is 0 Å². The molecule has 1 atom stereocenters. The van der Waals surface area contributed by atoms with Crippen LogP contribution in [0, 0.1) is 6.92 Å². The molecule has 2 aromatic rings. The highest BCUT2D eigenvalue weighted by Crippen LogP contribution is 2.30. The molecule has 3 heterocycles. The molecule has 1 unspecified atom stereocenters. The number of thiazole rings is 1. The van der Waals surface area contributed by atoms with Crippen molar-refractivity contribution in [3.63, 3.8) is 0 Å². The zero-order valence-electron chi connectivity index (χ0n) is 17.7. The third-order valence-corrected chi connectivity index (χ3v) is 5.82. The van der Waals surface area contributed by atoms with Gasteiger partial charge in [-0.1, -0.05) is 0 Å². The summed E-state index contributed by atoms with van der Waals surface area (Å²) in [6, 6.07) is 4.05. The van der Waals surface area contributed by atoms with Gasteiger partial charge in [0.1, 0.15) is 11.5 Å². The van der Waals surface area contributed by atoms with Crippen LogP contribution in [0.3, 0.4) is 0 Å². The first-order valence-electron chi connectivity index (χ1n) is 10.2. The standard InChI is InChI=1S/C20H28F3N5OS.HI/c1-3-24-19(25-9-8-18-27-17(13-30-18)20(21,22)23)26-12-15(28-10-4-5-11-28)16-7-6-14(2)29-16;/h6-7,13,15H,3-5,8-12H2,1-2H3,(H2,24,25,26);1H. The molecule has 2 N–H and O–H groups in total. The summed E-state index contributed by atoms with van der Waals surface area (Å²) in [6.07, 6.45) is -1.65. The molecule has 0 aliphatic carbocycles. The zero-order valence-corrected chi connectivity index (χ0v) is 20.8. The van der Waals surface area contributed by atoms with Crippen molar-refractivity contribution in [3.05, 3.63) is 39.7 Å². The Labute approximate surface area is 201 Å². The number of guanidine groups is 1. The first-order chi connectivity index (χ1) is 14.4. The third kappa shape index (κ3) is 7.63. The molecular weight excluding hydrogens is 542 g/mol. The fourth-order valence-corrected chi connectivity index (χ4v) is 4.24. The summed E-state index contributed by atoms with van der Waals surface area (Å²) in [5, 5.41) is 7.90. The van der Waals surface area contributed by atoms with E-state index in [-0.39, 0.29) is 30.0 Å². The maximum Gasteiger partial charge on any atom is 0.434 e. The second kappa shape index (κ2) is 12.0.